The average molecular weight is 125 g/mol. The molecule has 0 aromatic rings. The van der Waals surface area contributed by atoms with Gasteiger partial charge in [-0.25, -0.2) is 0 Å². The van der Waals surface area contributed by atoms with Crippen LogP contribution in [-0.2, 0) is 0 Å². The van der Waals surface area contributed by atoms with Crippen molar-refractivity contribution in [3.05, 3.63) is 0 Å². The monoisotopic (exact) mass is 125 g/mol. The van der Waals surface area contributed by atoms with Gasteiger partial charge in [-0.05, 0) is 12.8 Å². The van der Waals surface area contributed by atoms with E-state index in [0.717, 1.165) is 18.7 Å². The van der Waals surface area contributed by atoms with Crippen molar-refractivity contribution < 1.29 is 5.11 Å². The molecular weight excluding hydrogens is 111 g/mol. The largest absolute Gasteiger partial charge is 0.393 e. The van der Waals surface area contributed by atoms with E-state index in [1.165, 1.54) is 12.8 Å². The average Bonchev–Trinajstić information content (AvgIpc) is 1.90. The van der Waals surface area contributed by atoms with Crippen molar-refractivity contribution in [1.29, 1.82) is 0 Å². The molecule has 9 heavy (non-hydrogen) atoms. The molecule has 1 aliphatic carbocycles. The van der Waals surface area contributed by atoms with E-state index in [2.05, 4.69) is 14.1 Å². The number of hydrogen-bond donors (Lipinski definition) is 1. The van der Waals surface area contributed by atoms with Gasteiger partial charge < -0.3 is 5.11 Å². The van der Waals surface area contributed by atoms with Crippen LogP contribution in [0.15, 0.2) is 0 Å². The van der Waals surface area contributed by atoms with E-state index >= 15 is 0 Å². The minimum atomic E-state index is 0.00111. The third kappa shape index (κ3) is 2.01. The quantitative estimate of drug-likeness (QED) is 0.526. The van der Waals surface area contributed by atoms with Crippen LogP contribution in [0.3, 0.4) is 0 Å². The Balaban J connectivity index is 2.18. The topological polar surface area (TPSA) is 20.2 Å². The summed E-state index contributed by atoms with van der Waals surface area (Å²) < 4.78 is 0. The van der Waals surface area contributed by atoms with Crippen molar-refractivity contribution in [3.63, 3.8) is 0 Å². The molecule has 0 amide bonds. The van der Waals surface area contributed by atoms with Crippen LogP contribution in [0.2, 0.25) is 12.6 Å². The van der Waals surface area contributed by atoms with Crippen LogP contribution < -0.4 is 0 Å². The zero-order valence-corrected chi connectivity index (χ0v) is 6.01. The van der Waals surface area contributed by atoms with Crippen LogP contribution in [-0.4, -0.2) is 18.5 Å². The Labute approximate surface area is 57.7 Å². The molecule has 51 valence electrons. The van der Waals surface area contributed by atoms with Crippen LogP contribution in [0.5, 0.6) is 0 Å². The highest BCUT2D eigenvalue weighted by Gasteiger charge is 2.17. The maximum atomic E-state index is 9.11. The predicted molar refractivity (Wildman–Crippen MR) is 39.8 cm³/mol. The molecule has 0 saturated heterocycles. The second kappa shape index (κ2) is 3.26. The second-order valence-corrected chi connectivity index (χ2v) is 2.90. The zero-order chi connectivity index (χ0) is 6.69. The van der Waals surface area contributed by atoms with Crippen LogP contribution in [0.1, 0.15) is 25.7 Å². The summed E-state index contributed by atoms with van der Waals surface area (Å²) in [5.74, 6) is 0.786. The summed E-state index contributed by atoms with van der Waals surface area (Å²) in [5.41, 5.74) is 0. The van der Waals surface area contributed by atoms with E-state index in [4.69, 9.17) is 5.11 Å². The van der Waals surface area contributed by atoms with Crippen LogP contribution >= 0.6 is 0 Å². The Bertz CT molecular complexity index is 77.0. The van der Waals surface area contributed by atoms with Gasteiger partial charge in [0, 0.05) is 0 Å². The first-order chi connectivity index (χ1) is 4.33. The van der Waals surface area contributed by atoms with Crippen molar-refractivity contribution in [2.45, 2.75) is 44.4 Å². The first-order valence-corrected chi connectivity index (χ1v) is 3.80. The minimum Gasteiger partial charge on any atom is -0.393 e. The molecule has 1 radical (unpaired) electrons. The van der Waals surface area contributed by atoms with Gasteiger partial charge in [-0.3, -0.25) is 0 Å². The minimum absolute atomic E-state index is 0.00111. The lowest BCUT2D eigenvalue weighted by molar-refractivity contribution is 0.130. The molecule has 0 atom stereocenters. The fourth-order valence-corrected chi connectivity index (χ4v) is 1.43. The Hall–Kier alpha value is 0.0249. The summed E-state index contributed by atoms with van der Waals surface area (Å²) in [4.78, 5) is 0. The molecule has 1 aliphatic rings. The van der Waals surface area contributed by atoms with Gasteiger partial charge in [-0.15, -0.1) is 0 Å². The summed E-state index contributed by atoms with van der Waals surface area (Å²) in [6.07, 6.45) is 4.40. The van der Waals surface area contributed by atoms with E-state index in [1.807, 2.05) is 0 Å². The smallest absolute Gasteiger partial charge is 0.110 e. The van der Waals surface area contributed by atoms with Crippen molar-refractivity contribution in [2.24, 2.45) is 0 Å². The maximum absolute atomic E-state index is 9.11. The molecule has 1 N–H and O–H groups in total. The molecule has 0 unspecified atom stereocenters. The molecule has 0 bridgehead atoms. The van der Waals surface area contributed by atoms with Gasteiger partial charge >= 0.3 is 0 Å². The highest BCUT2D eigenvalue weighted by molar-refractivity contribution is 6.35. The van der Waals surface area contributed by atoms with E-state index in [1.54, 1.807) is 0 Å². The van der Waals surface area contributed by atoms with E-state index in [-0.39, 0.29) is 6.10 Å². The van der Waals surface area contributed by atoms with Crippen LogP contribution in [0.25, 0.3) is 0 Å². The molecule has 0 heterocycles. The Kier molecular flexibility index (Phi) is 2.58. The number of hydrogen-bond acceptors (Lipinski definition) is 1. The Morgan fingerprint density at radius 3 is 2.22 bits per heavy atom. The molecule has 1 saturated carbocycles. The molecule has 0 aliphatic heterocycles. The zero-order valence-electron chi connectivity index (χ0n) is 6.01. The summed E-state index contributed by atoms with van der Waals surface area (Å²) in [6, 6.07) is 0. The normalized spacial score (nSPS) is 36.2. The lowest BCUT2D eigenvalue weighted by Crippen LogP contribution is -2.17. The summed E-state index contributed by atoms with van der Waals surface area (Å²) in [7, 11) is 2.26. The van der Waals surface area contributed by atoms with E-state index in [9.17, 15) is 0 Å². The van der Waals surface area contributed by atoms with Crippen molar-refractivity contribution >= 4 is 7.28 Å². The fourth-order valence-electron chi connectivity index (χ4n) is 1.43. The summed E-state index contributed by atoms with van der Waals surface area (Å²) in [5, 5.41) is 9.11. The SMILES string of the molecule is C[B]C1CCC(O)CC1. The first-order valence-electron chi connectivity index (χ1n) is 3.80. The highest BCUT2D eigenvalue weighted by atomic mass is 16.3. The number of rotatable bonds is 1. The Morgan fingerprint density at radius 2 is 1.78 bits per heavy atom. The number of aliphatic hydroxyl groups is 1. The van der Waals surface area contributed by atoms with Crippen molar-refractivity contribution in [1.82, 2.24) is 0 Å². The second-order valence-electron chi connectivity index (χ2n) is 2.90. The van der Waals surface area contributed by atoms with Crippen molar-refractivity contribution in [3.8, 4) is 0 Å². The highest BCUT2D eigenvalue weighted by Crippen LogP contribution is 2.27. The molecule has 0 aromatic heterocycles. The van der Waals surface area contributed by atoms with Gasteiger partial charge in [0.05, 0.1) is 6.10 Å². The van der Waals surface area contributed by atoms with Gasteiger partial charge in [0.2, 0.25) is 0 Å². The fraction of sp³-hybridized carbons (Fsp3) is 1.00. The first kappa shape index (κ1) is 7.14. The summed E-state index contributed by atoms with van der Waals surface area (Å²) in [6.45, 7) is 2.11. The lowest BCUT2D eigenvalue weighted by atomic mass is 9.61. The Morgan fingerprint density at radius 1 is 1.22 bits per heavy atom. The number of aliphatic hydroxyl groups excluding tert-OH is 1. The molecule has 1 rings (SSSR count). The molecule has 0 spiro atoms. The van der Waals surface area contributed by atoms with Crippen LogP contribution in [0, 0.1) is 0 Å². The molecule has 1 fully saturated rings. The third-order valence-corrected chi connectivity index (χ3v) is 2.21. The molecule has 1 nitrogen and oxygen atoms in total. The van der Waals surface area contributed by atoms with E-state index in [0.29, 0.717) is 0 Å². The molecular formula is C7H14BO. The third-order valence-electron chi connectivity index (χ3n) is 2.21. The van der Waals surface area contributed by atoms with Gasteiger partial charge in [0.1, 0.15) is 7.28 Å². The predicted octanol–water partition coefficient (Wildman–Crippen LogP) is 1.46. The van der Waals surface area contributed by atoms with Crippen molar-refractivity contribution in [2.75, 3.05) is 0 Å². The maximum Gasteiger partial charge on any atom is 0.110 e. The van der Waals surface area contributed by atoms with E-state index < -0.39 is 0 Å². The lowest BCUT2D eigenvalue weighted by Gasteiger charge is -2.23. The molecule has 0 aromatic carbocycles. The standard InChI is InChI=1S/C7H14BO/c1-8-6-2-4-7(9)5-3-6/h6-7,9H,2-5H2,1H3. The van der Waals surface area contributed by atoms with Gasteiger partial charge in [-0.1, -0.05) is 25.5 Å². The summed E-state index contributed by atoms with van der Waals surface area (Å²) >= 11 is 0. The van der Waals surface area contributed by atoms with Gasteiger partial charge in [-0.2, -0.15) is 0 Å². The van der Waals surface area contributed by atoms with Gasteiger partial charge in [0.15, 0.2) is 0 Å². The van der Waals surface area contributed by atoms with Gasteiger partial charge in [0.25, 0.3) is 0 Å². The molecule has 2 heteroatoms. The van der Waals surface area contributed by atoms with Crippen LogP contribution in [0.4, 0.5) is 0 Å².